The Balaban J connectivity index is 1.78. The van der Waals surface area contributed by atoms with E-state index in [1.807, 2.05) is 13.8 Å². The van der Waals surface area contributed by atoms with Gasteiger partial charge in [-0.15, -0.1) is 20.4 Å². The molecule has 0 spiro atoms. The number of aryl methyl sites for hydroxylation is 2. The standard InChI is InChI=1S/C28H22F8N4S2/c1-3-5-7-9-11-37-39-27(41-11)17-13-14(23(33)26(36)24(17)34)20(30)15-16(19(13)29)22(32)25(35)18(21(15)31)28-40-38-12(42-28)10-8-6-4-2/h3-10H2,1-2H3. The predicted octanol–water partition coefficient (Wildman–Crippen LogP) is 9.61. The van der Waals surface area contributed by atoms with E-state index in [4.69, 9.17) is 0 Å². The Morgan fingerprint density at radius 3 is 1.40 bits per heavy atom. The molecule has 222 valence electrons. The van der Waals surface area contributed by atoms with Gasteiger partial charge in [0.25, 0.3) is 0 Å². The summed E-state index contributed by atoms with van der Waals surface area (Å²) in [7, 11) is 0. The van der Waals surface area contributed by atoms with Crippen LogP contribution in [0.3, 0.4) is 0 Å². The minimum atomic E-state index is -2.18. The first kappa shape index (κ1) is 30.2. The number of nitrogens with zero attached hydrogens (tertiary/aromatic N) is 4. The van der Waals surface area contributed by atoms with E-state index in [0.717, 1.165) is 48.4 Å². The van der Waals surface area contributed by atoms with Gasteiger partial charge in [-0.1, -0.05) is 62.2 Å². The molecule has 42 heavy (non-hydrogen) atoms. The van der Waals surface area contributed by atoms with Gasteiger partial charge in [0, 0.05) is 18.2 Å². The summed E-state index contributed by atoms with van der Waals surface area (Å²) in [5.41, 5.74) is -2.17. The molecule has 0 saturated carbocycles. The van der Waals surface area contributed by atoms with Crippen molar-refractivity contribution in [2.75, 3.05) is 0 Å². The molecule has 0 unspecified atom stereocenters. The van der Waals surface area contributed by atoms with Crippen LogP contribution < -0.4 is 0 Å². The minimum Gasteiger partial charge on any atom is -0.205 e. The fraction of sp³-hybridized carbons (Fsp3) is 0.357. The first-order valence-electron chi connectivity index (χ1n) is 13.2. The van der Waals surface area contributed by atoms with Gasteiger partial charge >= 0.3 is 0 Å². The van der Waals surface area contributed by atoms with Crippen molar-refractivity contribution in [2.24, 2.45) is 0 Å². The van der Waals surface area contributed by atoms with E-state index in [1.165, 1.54) is 0 Å². The fourth-order valence-electron chi connectivity index (χ4n) is 4.76. The quantitative estimate of drug-likeness (QED) is 0.0507. The second kappa shape index (κ2) is 12.2. The van der Waals surface area contributed by atoms with Crippen molar-refractivity contribution in [2.45, 2.75) is 65.2 Å². The van der Waals surface area contributed by atoms with E-state index in [9.17, 15) is 4.39 Å². The van der Waals surface area contributed by atoms with Crippen molar-refractivity contribution in [3.05, 3.63) is 56.6 Å². The van der Waals surface area contributed by atoms with Crippen LogP contribution in [0.15, 0.2) is 0 Å². The molecule has 5 aromatic rings. The Kier molecular flexibility index (Phi) is 8.74. The molecule has 2 heterocycles. The molecule has 0 radical (unpaired) electrons. The molecular formula is C28H22F8N4S2. The topological polar surface area (TPSA) is 51.6 Å². The molecule has 4 nitrogen and oxygen atoms in total. The summed E-state index contributed by atoms with van der Waals surface area (Å²) in [5, 5.41) is 9.19. The summed E-state index contributed by atoms with van der Waals surface area (Å²) in [6.45, 7) is 3.93. The van der Waals surface area contributed by atoms with Crippen molar-refractivity contribution in [3.63, 3.8) is 0 Å². The number of aromatic nitrogens is 4. The van der Waals surface area contributed by atoms with Gasteiger partial charge in [-0.05, 0) is 12.8 Å². The number of unbranched alkanes of at least 4 members (excludes halogenated alkanes) is 4. The highest BCUT2D eigenvalue weighted by molar-refractivity contribution is 7.15. The molecule has 0 aliphatic carbocycles. The van der Waals surface area contributed by atoms with Crippen molar-refractivity contribution < 1.29 is 35.1 Å². The summed E-state index contributed by atoms with van der Waals surface area (Å²) < 4.78 is 123. The van der Waals surface area contributed by atoms with Gasteiger partial charge in [-0.3, -0.25) is 0 Å². The first-order chi connectivity index (χ1) is 20.1. The maximum Gasteiger partial charge on any atom is 0.195 e. The SMILES string of the molecule is CCCCCc1nnc(-c2c(F)c(F)c3c(F)c4c(-c5nnc(CCCCC)s5)c(F)c(F)c(F)c4c(F)c3c2F)s1. The molecule has 14 heteroatoms. The molecular weight excluding hydrogens is 608 g/mol. The van der Waals surface area contributed by atoms with Crippen LogP contribution in [0.25, 0.3) is 42.7 Å². The van der Waals surface area contributed by atoms with Gasteiger partial charge in [-0.2, -0.15) is 0 Å². The third-order valence-electron chi connectivity index (χ3n) is 6.87. The van der Waals surface area contributed by atoms with E-state index < -0.39 is 89.2 Å². The Bertz CT molecular complexity index is 1810. The third kappa shape index (κ3) is 5.01. The predicted molar refractivity (Wildman–Crippen MR) is 145 cm³/mol. The van der Waals surface area contributed by atoms with Gasteiger partial charge in [0.05, 0.1) is 27.3 Å². The zero-order valence-corrected chi connectivity index (χ0v) is 23.9. The lowest BCUT2D eigenvalue weighted by molar-refractivity contribution is 0.452. The minimum absolute atomic E-state index is 0.358. The van der Waals surface area contributed by atoms with Crippen LogP contribution >= 0.6 is 22.7 Å². The van der Waals surface area contributed by atoms with Crippen LogP contribution in [0, 0.1) is 46.5 Å². The van der Waals surface area contributed by atoms with Gasteiger partial charge < -0.3 is 0 Å². The number of rotatable bonds is 10. The zero-order valence-electron chi connectivity index (χ0n) is 22.3. The summed E-state index contributed by atoms with van der Waals surface area (Å²) in [6, 6.07) is 0. The second-order valence-corrected chi connectivity index (χ2v) is 11.8. The second-order valence-electron chi connectivity index (χ2n) is 9.68. The van der Waals surface area contributed by atoms with Crippen LogP contribution in [-0.4, -0.2) is 20.4 Å². The Morgan fingerprint density at radius 1 is 0.429 bits per heavy atom. The molecule has 0 amide bonds. The van der Waals surface area contributed by atoms with Gasteiger partial charge in [0.15, 0.2) is 39.1 Å². The molecule has 0 aliphatic heterocycles. The largest absolute Gasteiger partial charge is 0.205 e. The number of hydrogen-bond donors (Lipinski definition) is 0. The average molecular weight is 631 g/mol. The van der Waals surface area contributed by atoms with E-state index in [-0.39, 0.29) is 0 Å². The number of fused-ring (bicyclic) bond motifs is 2. The summed E-state index contributed by atoms with van der Waals surface area (Å²) in [4.78, 5) is 0. The summed E-state index contributed by atoms with van der Waals surface area (Å²) in [6.07, 6.45) is 5.65. The van der Waals surface area contributed by atoms with Crippen molar-refractivity contribution in [1.82, 2.24) is 20.4 Å². The fourth-order valence-corrected chi connectivity index (χ4v) is 6.60. The zero-order chi connectivity index (χ0) is 30.3. The lowest BCUT2D eigenvalue weighted by Gasteiger charge is -2.15. The lowest BCUT2D eigenvalue weighted by atomic mass is 9.94. The van der Waals surface area contributed by atoms with Gasteiger partial charge in [0.2, 0.25) is 0 Å². The Morgan fingerprint density at radius 2 is 0.857 bits per heavy atom. The highest BCUT2D eigenvalue weighted by atomic mass is 32.1. The molecule has 2 aromatic heterocycles. The van der Waals surface area contributed by atoms with E-state index in [2.05, 4.69) is 20.4 Å². The maximum atomic E-state index is 16.0. The lowest BCUT2D eigenvalue weighted by Crippen LogP contribution is -2.06. The number of benzene rings is 3. The molecule has 0 atom stereocenters. The van der Waals surface area contributed by atoms with Crippen LogP contribution in [-0.2, 0) is 12.8 Å². The molecule has 0 aliphatic rings. The van der Waals surface area contributed by atoms with E-state index >= 15 is 30.7 Å². The molecule has 0 fully saturated rings. The monoisotopic (exact) mass is 630 g/mol. The van der Waals surface area contributed by atoms with E-state index in [0.29, 0.717) is 35.7 Å². The van der Waals surface area contributed by atoms with Gasteiger partial charge in [0.1, 0.15) is 27.5 Å². The molecule has 0 N–H and O–H groups in total. The average Bonchev–Trinajstić information content (AvgIpc) is 3.62. The first-order valence-corrected chi connectivity index (χ1v) is 14.9. The smallest absolute Gasteiger partial charge is 0.195 e. The Hall–Kier alpha value is -3.26. The molecule has 5 rings (SSSR count). The van der Waals surface area contributed by atoms with Crippen molar-refractivity contribution >= 4 is 44.2 Å². The highest BCUT2D eigenvalue weighted by Crippen LogP contribution is 2.45. The number of hydrogen-bond acceptors (Lipinski definition) is 6. The normalized spacial score (nSPS) is 11.9. The van der Waals surface area contributed by atoms with Crippen LogP contribution in [0.2, 0.25) is 0 Å². The van der Waals surface area contributed by atoms with Gasteiger partial charge in [-0.25, -0.2) is 35.1 Å². The number of halogens is 8. The molecule has 3 aromatic carbocycles. The molecule has 0 saturated heterocycles. The van der Waals surface area contributed by atoms with Crippen molar-refractivity contribution in [1.29, 1.82) is 0 Å². The summed E-state index contributed by atoms with van der Waals surface area (Å²) in [5.74, 6) is -15.8. The van der Waals surface area contributed by atoms with Crippen LogP contribution in [0.1, 0.15) is 62.4 Å². The van der Waals surface area contributed by atoms with Crippen LogP contribution in [0.5, 0.6) is 0 Å². The van der Waals surface area contributed by atoms with Crippen molar-refractivity contribution in [3.8, 4) is 21.1 Å². The summed E-state index contributed by atoms with van der Waals surface area (Å²) >= 11 is 1.45. The van der Waals surface area contributed by atoms with E-state index in [1.54, 1.807) is 0 Å². The Labute approximate surface area is 242 Å². The maximum absolute atomic E-state index is 16.0. The molecule has 0 bridgehead atoms. The third-order valence-corrected chi connectivity index (χ3v) is 8.87. The van der Waals surface area contributed by atoms with Crippen LogP contribution in [0.4, 0.5) is 35.1 Å². The highest BCUT2D eigenvalue weighted by Gasteiger charge is 2.35.